The van der Waals surface area contributed by atoms with Gasteiger partial charge in [0.2, 0.25) is 31.9 Å². The van der Waals surface area contributed by atoms with E-state index in [1.54, 1.807) is 48.5 Å². The van der Waals surface area contributed by atoms with Crippen molar-refractivity contribution in [3.63, 3.8) is 0 Å². The maximum atomic E-state index is 13.3. The van der Waals surface area contributed by atoms with Gasteiger partial charge in [-0.1, -0.05) is 70.7 Å². The largest absolute Gasteiger partial charge is 0.378 e. The van der Waals surface area contributed by atoms with E-state index in [-0.39, 0.29) is 127 Å². The second-order valence-corrected chi connectivity index (χ2v) is 24.5. The predicted octanol–water partition coefficient (Wildman–Crippen LogP) is 6.15. The minimum atomic E-state index is -3.82. The lowest BCUT2D eigenvalue weighted by Gasteiger charge is -2.33. The molecule has 0 aliphatic carbocycles. The van der Waals surface area contributed by atoms with Gasteiger partial charge >= 0.3 is 0 Å². The number of carbonyl (C=O) groups is 2. The topological polar surface area (TPSA) is 218 Å². The lowest BCUT2D eigenvalue weighted by Crippen LogP contribution is -2.49. The van der Waals surface area contributed by atoms with Crippen LogP contribution in [-0.2, 0) is 71.1 Å². The summed E-state index contributed by atoms with van der Waals surface area (Å²) in [7, 11) is -3.65. The summed E-state index contributed by atoms with van der Waals surface area (Å²) in [5, 5.41) is 2.24. The number of ether oxygens (including phenoxy) is 6. The first-order valence-electron chi connectivity index (χ1n) is 25.3. The molecule has 0 aromatic heterocycles. The third-order valence-electron chi connectivity index (χ3n) is 13.1. The van der Waals surface area contributed by atoms with Crippen molar-refractivity contribution in [2.24, 2.45) is 11.1 Å². The van der Waals surface area contributed by atoms with E-state index in [9.17, 15) is 26.4 Å². The molecule has 18 nitrogen and oxygen atoms in total. The van der Waals surface area contributed by atoms with Gasteiger partial charge in [-0.15, -0.1) is 0 Å². The fourth-order valence-electron chi connectivity index (χ4n) is 8.97. The molecule has 6 rings (SSSR count). The van der Waals surface area contributed by atoms with E-state index in [0.717, 1.165) is 33.4 Å². The van der Waals surface area contributed by atoms with Crippen LogP contribution in [0.1, 0.15) is 59.1 Å². The molecule has 0 spiro atoms. The van der Waals surface area contributed by atoms with Gasteiger partial charge in [0, 0.05) is 84.3 Å². The number of sulfonamides is 2. The molecule has 2 aliphatic rings. The summed E-state index contributed by atoms with van der Waals surface area (Å²) >= 11 is 25.8. The highest BCUT2D eigenvalue weighted by Gasteiger charge is 2.37. The average Bonchev–Trinajstić information content (AvgIpc) is 3.39. The molecule has 77 heavy (non-hydrogen) atoms. The summed E-state index contributed by atoms with van der Waals surface area (Å²) in [4.78, 5) is 31.5. The highest BCUT2D eigenvalue weighted by atomic mass is 35.5. The van der Waals surface area contributed by atoms with Gasteiger partial charge in [-0.25, -0.2) is 26.3 Å². The Labute approximate surface area is 473 Å². The Morgan fingerprint density at radius 1 is 0.584 bits per heavy atom. The zero-order valence-corrected chi connectivity index (χ0v) is 48.5. The smallest absolute Gasteiger partial charge is 0.240 e. The van der Waals surface area contributed by atoms with Crippen molar-refractivity contribution >= 4 is 78.3 Å². The number of fused-ring (bicyclic) bond motifs is 2. The molecular formula is C53H70Cl4N6O12S2. The van der Waals surface area contributed by atoms with Gasteiger partial charge in [0.1, 0.15) is 5.41 Å². The molecule has 0 saturated carbocycles. The molecule has 0 saturated heterocycles. The van der Waals surface area contributed by atoms with Crippen molar-refractivity contribution in [1.29, 1.82) is 0 Å². The van der Waals surface area contributed by atoms with E-state index in [4.69, 9.17) is 80.6 Å². The van der Waals surface area contributed by atoms with Gasteiger partial charge in [0.15, 0.2) is 0 Å². The second-order valence-electron chi connectivity index (χ2n) is 19.3. The van der Waals surface area contributed by atoms with E-state index in [0.29, 0.717) is 46.3 Å². The first-order chi connectivity index (χ1) is 36.7. The summed E-state index contributed by atoms with van der Waals surface area (Å²) in [5.41, 5.74) is 9.71. The summed E-state index contributed by atoms with van der Waals surface area (Å²) in [6.45, 7) is 8.60. The summed E-state index contributed by atoms with van der Waals surface area (Å²) < 4.78 is 91.8. The monoisotopic (exact) mass is 1190 g/mol. The molecule has 0 fully saturated rings. The van der Waals surface area contributed by atoms with Crippen LogP contribution in [0.3, 0.4) is 0 Å². The van der Waals surface area contributed by atoms with Gasteiger partial charge < -0.3 is 48.9 Å². The van der Waals surface area contributed by atoms with Gasteiger partial charge in [-0.2, -0.15) is 0 Å². The minimum absolute atomic E-state index is 0.0618. The Kier molecular flexibility index (Phi) is 24.3. The lowest BCUT2D eigenvalue weighted by molar-refractivity contribution is -0.148. The van der Waals surface area contributed by atoms with Gasteiger partial charge in [0.05, 0.1) is 89.1 Å². The molecule has 4 aromatic rings. The highest BCUT2D eigenvalue weighted by Crippen LogP contribution is 2.40. The number of nitrogens with two attached hydrogens (primary N) is 1. The predicted molar refractivity (Wildman–Crippen MR) is 297 cm³/mol. The van der Waals surface area contributed by atoms with Crippen LogP contribution in [0.5, 0.6) is 0 Å². The average molecular weight is 1190 g/mol. The highest BCUT2D eigenvalue weighted by molar-refractivity contribution is 7.89. The second kappa shape index (κ2) is 29.8. The molecule has 2 heterocycles. The molecule has 0 radical (unpaired) electrons. The fraction of sp³-hybridized carbons (Fsp3) is 0.509. The Bertz CT molecular complexity index is 2680. The number of halogens is 4. The number of hydrogen-bond donors (Lipinski definition) is 3. The van der Waals surface area contributed by atoms with Crippen molar-refractivity contribution in [3.8, 4) is 0 Å². The lowest BCUT2D eigenvalue weighted by atomic mass is 9.85. The van der Waals surface area contributed by atoms with Gasteiger partial charge in [0.25, 0.3) is 0 Å². The number of nitrogens with one attached hydrogen (secondary N) is 2. The molecule has 0 bridgehead atoms. The van der Waals surface area contributed by atoms with Crippen LogP contribution < -0.4 is 15.2 Å². The molecule has 2 aliphatic heterocycles. The molecule has 4 aromatic carbocycles. The number of amides is 2. The van der Waals surface area contributed by atoms with Crippen molar-refractivity contribution in [2.75, 3.05) is 133 Å². The first-order valence-corrected chi connectivity index (χ1v) is 29.7. The normalized spacial score (nSPS) is 16.3. The third kappa shape index (κ3) is 18.2. The van der Waals surface area contributed by atoms with Gasteiger partial charge in [-0.05, 0) is 110 Å². The van der Waals surface area contributed by atoms with Crippen LogP contribution >= 0.6 is 46.4 Å². The van der Waals surface area contributed by atoms with Crippen LogP contribution in [0.15, 0.2) is 82.6 Å². The zero-order chi connectivity index (χ0) is 55.8. The van der Waals surface area contributed by atoms with Crippen molar-refractivity contribution < 1.29 is 54.8 Å². The fourth-order valence-corrected chi connectivity index (χ4v) is 12.2. The van der Waals surface area contributed by atoms with Gasteiger partial charge in [-0.3, -0.25) is 9.59 Å². The van der Waals surface area contributed by atoms with Crippen molar-refractivity contribution in [3.05, 3.63) is 126 Å². The van der Waals surface area contributed by atoms with Crippen LogP contribution in [0, 0.1) is 5.41 Å². The van der Waals surface area contributed by atoms with Crippen LogP contribution in [0.25, 0.3) is 0 Å². The first kappa shape index (κ1) is 62.7. The van der Waals surface area contributed by atoms with Crippen LogP contribution in [0.4, 0.5) is 0 Å². The van der Waals surface area contributed by atoms with Crippen LogP contribution in [-0.4, -0.2) is 176 Å². The number of benzene rings is 4. The summed E-state index contributed by atoms with van der Waals surface area (Å²) in [5.74, 6) is -1.44. The van der Waals surface area contributed by atoms with Crippen LogP contribution in [0.2, 0.25) is 20.1 Å². The van der Waals surface area contributed by atoms with E-state index < -0.39 is 37.3 Å². The van der Waals surface area contributed by atoms with E-state index in [2.05, 4.69) is 19.2 Å². The number of carbonyl (C=O) groups excluding carboxylic acids is 2. The summed E-state index contributed by atoms with van der Waals surface area (Å²) in [6.07, 6.45) is 0. The maximum Gasteiger partial charge on any atom is 0.240 e. The third-order valence-corrected chi connectivity index (χ3v) is 17.2. The number of rotatable bonds is 32. The minimum Gasteiger partial charge on any atom is -0.378 e. The maximum absolute atomic E-state index is 13.3. The number of primary amides is 1. The van der Waals surface area contributed by atoms with E-state index >= 15 is 0 Å². The molecule has 424 valence electrons. The number of hydrogen-bond acceptors (Lipinski definition) is 14. The number of likely N-dealkylation sites (N-methyl/N-ethyl adjacent to an activating group) is 2. The summed E-state index contributed by atoms with van der Waals surface area (Å²) in [6, 6.07) is 21.0. The van der Waals surface area contributed by atoms with Crippen molar-refractivity contribution in [1.82, 2.24) is 24.1 Å². The van der Waals surface area contributed by atoms with E-state index in [1.807, 2.05) is 38.4 Å². The quantitative estimate of drug-likeness (QED) is 0.0369. The Morgan fingerprint density at radius 3 is 1.32 bits per heavy atom. The Balaban J connectivity index is 0.798. The van der Waals surface area contributed by atoms with Crippen molar-refractivity contribution in [2.45, 2.75) is 48.6 Å². The standard InChI is InChI=1S/C53H70Cl4N6O12S2/c1-53(2,51(58)64)52(65)63(13-17-72-21-25-74-23-19-70-15-11-59-76(66,67)41-9-5-7-37(27-41)45-33-61(3)35-47-43(45)29-39(54)31-49(47)56)14-18-73-22-26-75-24-20-71-16-12-60-77(68,69)42-10-6-8-38(28-42)46-34-62(4)36-48-44(46)30-40(55)32-50(48)57/h5-10,27-32,45-46,59-60H,11-26,33-36H2,1-4H3,(H2,58,64). The molecule has 24 heteroatoms. The Hall–Kier alpha value is -3.52. The number of nitrogens with zero attached hydrogens (tertiary/aromatic N) is 3. The zero-order valence-electron chi connectivity index (χ0n) is 43.9. The van der Waals surface area contributed by atoms with E-state index in [1.165, 1.54) is 18.7 Å². The molecule has 2 unspecified atom stereocenters. The Morgan fingerprint density at radius 2 is 0.948 bits per heavy atom. The molecule has 2 amide bonds. The SMILES string of the molecule is CN1Cc2c(Cl)cc(Cl)cc2C(c2cccc(S(=O)(=O)NCCOCCOCCOCCN(CCOCCOCCOCCNS(=O)(=O)c3cccc(C4CN(C)Cc5c(Cl)cc(Cl)cc54)c3)C(=O)C(C)(C)C(N)=O)c2)C1. The molecular weight excluding hydrogens is 1120 g/mol. The molecule has 2 atom stereocenters. The molecule has 4 N–H and O–H groups in total.